The van der Waals surface area contributed by atoms with Gasteiger partial charge in [-0.1, -0.05) is 12.1 Å². The normalized spacial score (nSPS) is 14.2. The van der Waals surface area contributed by atoms with Crippen LogP contribution in [0.2, 0.25) is 0 Å². The van der Waals surface area contributed by atoms with Crippen LogP contribution in [0.25, 0.3) is 16.7 Å². The van der Waals surface area contributed by atoms with Gasteiger partial charge >= 0.3 is 0 Å². The summed E-state index contributed by atoms with van der Waals surface area (Å²) in [4.78, 5) is 4.40. The summed E-state index contributed by atoms with van der Waals surface area (Å²) in [6.45, 7) is 0.983. The first-order chi connectivity index (χ1) is 15.0. The van der Waals surface area contributed by atoms with E-state index in [-0.39, 0.29) is 4.90 Å². The Hall–Kier alpha value is -3.24. The highest BCUT2D eigenvalue weighted by Crippen LogP contribution is 2.40. The van der Waals surface area contributed by atoms with Crippen LogP contribution < -0.4 is 4.72 Å². The number of ether oxygens (including phenoxy) is 1. The number of nitrogens with zero attached hydrogens (tertiary/aromatic N) is 5. The van der Waals surface area contributed by atoms with E-state index in [4.69, 9.17) is 4.74 Å². The maximum absolute atomic E-state index is 13.1. The minimum absolute atomic E-state index is 0.0612. The molecule has 0 unspecified atom stereocenters. The van der Waals surface area contributed by atoms with E-state index in [9.17, 15) is 8.42 Å². The first-order valence-electron chi connectivity index (χ1n) is 10.0. The molecule has 0 spiro atoms. The van der Waals surface area contributed by atoms with Gasteiger partial charge in [-0.05, 0) is 42.5 Å². The molecule has 1 aliphatic carbocycles. The number of para-hydroxylation sites is 1. The highest BCUT2D eigenvalue weighted by atomic mass is 32.2. The lowest BCUT2D eigenvalue weighted by atomic mass is 10.2. The van der Waals surface area contributed by atoms with E-state index in [2.05, 4.69) is 19.9 Å². The lowest BCUT2D eigenvalue weighted by Crippen LogP contribution is -2.14. The van der Waals surface area contributed by atoms with Gasteiger partial charge < -0.3 is 4.74 Å². The minimum atomic E-state index is -3.85. The summed E-state index contributed by atoms with van der Waals surface area (Å²) in [5.41, 5.74) is 2.36. The van der Waals surface area contributed by atoms with Crippen molar-refractivity contribution in [3.63, 3.8) is 0 Å². The van der Waals surface area contributed by atoms with Crippen LogP contribution in [0.3, 0.4) is 0 Å². The van der Waals surface area contributed by atoms with E-state index >= 15 is 0 Å². The molecule has 1 aromatic carbocycles. The predicted octanol–water partition coefficient (Wildman–Crippen LogP) is 2.94. The van der Waals surface area contributed by atoms with Crippen LogP contribution in [0.1, 0.15) is 24.3 Å². The zero-order valence-corrected chi connectivity index (χ0v) is 17.8. The number of pyridine rings is 1. The van der Waals surface area contributed by atoms with Crippen LogP contribution >= 0.6 is 0 Å². The number of anilines is 1. The zero-order chi connectivity index (χ0) is 21.4. The molecule has 9 nitrogen and oxygen atoms in total. The summed E-state index contributed by atoms with van der Waals surface area (Å²) >= 11 is 0. The van der Waals surface area contributed by atoms with Crippen LogP contribution in [-0.4, -0.2) is 46.7 Å². The van der Waals surface area contributed by atoms with Crippen LogP contribution in [0.5, 0.6) is 0 Å². The minimum Gasteiger partial charge on any atom is -0.383 e. The Morgan fingerprint density at radius 2 is 2.06 bits per heavy atom. The summed E-state index contributed by atoms with van der Waals surface area (Å²) in [5, 5.41) is 9.41. The van der Waals surface area contributed by atoms with Crippen molar-refractivity contribution in [1.29, 1.82) is 0 Å². The summed E-state index contributed by atoms with van der Waals surface area (Å²) in [6, 6.07) is 9.36. The van der Waals surface area contributed by atoms with Crippen molar-refractivity contribution < 1.29 is 13.2 Å². The number of aromatic nitrogens is 5. The zero-order valence-electron chi connectivity index (χ0n) is 17.0. The molecule has 0 amide bonds. The van der Waals surface area contributed by atoms with Gasteiger partial charge in [0.05, 0.1) is 42.9 Å². The summed E-state index contributed by atoms with van der Waals surface area (Å²) in [7, 11) is -2.24. The predicted molar refractivity (Wildman–Crippen MR) is 116 cm³/mol. The monoisotopic (exact) mass is 438 g/mol. The van der Waals surface area contributed by atoms with Crippen LogP contribution in [0.15, 0.2) is 60.0 Å². The Kier molecular flexibility index (Phi) is 4.95. The van der Waals surface area contributed by atoms with Crippen molar-refractivity contribution in [2.75, 3.05) is 18.4 Å². The highest BCUT2D eigenvalue weighted by Gasteiger charge is 2.24. The van der Waals surface area contributed by atoms with Gasteiger partial charge in [-0.15, -0.1) is 0 Å². The molecule has 1 fully saturated rings. The molecule has 0 bridgehead atoms. The SMILES string of the molecule is COCCn1ncc2cccc(NS(=O)(=O)c3cnn(-c4cc(C5CC5)ccn4)c3)c21. The molecule has 10 heteroatoms. The third-order valence-corrected chi connectivity index (χ3v) is 6.66. The van der Waals surface area contributed by atoms with Gasteiger partial charge in [0.2, 0.25) is 0 Å². The van der Waals surface area contributed by atoms with Gasteiger partial charge in [0, 0.05) is 18.7 Å². The average Bonchev–Trinajstić information content (AvgIpc) is 3.33. The van der Waals surface area contributed by atoms with E-state index in [0.717, 1.165) is 5.39 Å². The second kappa shape index (κ2) is 7.78. The van der Waals surface area contributed by atoms with Gasteiger partial charge in [0.1, 0.15) is 4.90 Å². The van der Waals surface area contributed by atoms with E-state index in [0.29, 0.717) is 36.1 Å². The summed E-state index contributed by atoms with van der Waals surface area (Å²) in [5.74, 6) is 1.18. The Morgan fingerprint density at radius 1 is 1.19 bits per heavy atom. The molecule has 3 aromatic heterocycles. The third kappa shape index (κ3) is 3.91. The molecule has 1 aliphatic rings. The molecule has 31 heavy (non-hydrogen) atoms. The lowest BCUT2D eigenvalue weighted by Gasteiger charge is -2.10. The molecular weight excluding hydrogens is 416 g/mol. The van der Waals surface area contributed by atoms with E-state index in [1.807, 2.05) is 18.2 Å². The van der Waals surface area contributed by atoms with Crippen molar-refractivity contribution in [1.82, 2.24) is 24.5 Å². The number of rotatable bonds is 8. The Morgan fingerprint density at radius 3 is 2.87 bits per heavy atom. The maximum atomic E-state index is 13.1. The van der Waals surface area contributed by atoms with E-state index < -0.39 is 10.0 Å². The van der Waals surface area contributed by atoms with Gasteiger partial charge in [-0.3, -0.25) is 9.40 Å². The average molecular weight is 439 g/mol. The van der Waals surface area contributed by atoms with Gasteiger partial charge in [0.15, 0.2) is 5.82 Å². The Labute approximate surface area is 179 Å². The number of benzene rings is 1. The second-order valence-corrected chi connectivity index (χ2v) is 9.23. The molecular formula is C21H22N6O3S. The van der Waals surface area contributed by atoms with Crippen molar-refractivity contribution in [2.45, 2.75) is 30.2 Å². The van der Waals surface area contributed by atoms with Crippen LogP contribution in [0, 0.1) is 0 Å². The van der Waals surface area contributed by atoms with E-state index in [1.54, 1.807) is 36.3 Å². The second-order valence-electron chi connectivity index (χ2n) is 7.55. The van der Waals surface area contributed by atoms with Gasteiger partial charge in [0.25, 0.3) is 10.0 Å². The molecule has 0 saturated heterocycles. The third-order valence-electron chi connectivity index (χ3n) is 5.34. The molecule has 5 rings (SSSR count). The standard InChI is InChI=1S/C21H22N6O3S/c1-30-10-9-26-21-17(12-23-26)3-2-4-19(21)25-31(28,29)18-13-24-27(14-18)20-11-16(7-8-22-20)15-5-6-15/h2-4,7-8,11-15,25H,5-6,9-10H2,1H3. The van der Waals surface area contributed by atoms with E-state index in [1.165, 1.54) is 35.5 Å². The molecule has 1 saturated carbocycles. The largest absolute Gasteiger partial charge is 0.383 e. The number of fused-ring (bicyclic) bond motifs is 1. The summed E-state index contributed by atoms with van der Waals surface area (Å²) in [6.07, 6.45) is 8.61. The van der Waals surface area contributed by atoms with Crippen molar-refractivity contribution in [3.05, 3.63) is 60.7 Å². The first kappa shape index (κ1) is 19.7. The molecule has 160 valence electrons. The number of nitrogens with one attached hydrogen (secondary N) is 1. The molecule has 3 heterocycles. The van der Waals surface area contributed by atoms with Crippen LogP contribution in [0.4, 0.5) is 5.69 Å². The van der Waals surface area contributed by atoms with Gasteiger partial charge in [-0.25, -0.2) is 18.1 Å². The Bertz CT molecular complexity index is 1340. The number of hydrogen-bond donors (Lipinski definition) is 1. The topological polar surface area (TPSA) is 104 Å². The lowest BCUT2D eigenvalue weighted by molar-refractivity contribution is 0.185. The van der Waals surface area contributed by atoms with Crippen molar-refractivity contribution >= 4 is 26.6 Å². The van der Waals surface area contributed by atoms with Gasteiger partial charge in [-0.2, -0.15) is 10.2 Å². The number of methoxy groups -OCH3 is 1. The fraction of sp³-hybridized carbons (Fsp3) is 0.286. The molecule has 1 N–H and O–H groups in total. The summed E-state index contributed by atoms with van der Waals surface area (Å²) < 4.78 is 37.2. The Balaban J connectivity index is 1.44. The van der Waals surface area contributed by atoms with Crippen molar-refractivity contribution in [2.24, 2.45) is 0 Å². The smallest absolute Gasteiger partial charge is 0.265 e. The fourth-order valence-electron chi connectivity index (χ4n) is 3.58. The van der Waals surface area contributed by atoms with Crippen LogP contribution in [-0.2, 0) is 21.3 Å². The number of hydrogen-bond acceptors (Lipinski definition) is 6. The fourth-order valence-corrected chi connectivity index (χ4v) is 4.57. The first-order valence-corrected chi connectivity index (χ1v) is 11.5. The quantitative estimate of drug-likeness (QED) is 0.454. The molecule has 0 radical (unpaired) electrons. The highest BCUT2D eigenvalue weighted by molar-refractivity contribution is 7.92. The molecule has 0 aliphatic heterocycles. The number of sulfonamides is 1. The molecule has 0 atom stereocenters. The van der Waals surface area contributed by atoms with Crippen molar-refractivity contribution in [3.8, 4) is 5.82 Å². The maximum Gasteiger partial charge on any atom is 0.265 e. The molecule has 4 aromatic rings.